The van der Waals surface area contributed by atoms with Crippen LogP contribution in [0.1, 0.15) is 12.2 Å². The molecule has 0 amide bonds. The monoisotopic (exact) mass is 301 g/mol. The lowest BCUT2D eigenvalue weighted by atomic mass is 9.76. The standard InChI is InChI=1S/C17H19NO4/c19-16(20)17-10-18(8-13(17)5-6-21-11-17)9-14-7-12-3-1-2-4-15(12)22-14/h1-4,7,13H,5-6,8-11H2,(H,19,20)/t13-,17+/m0/s1. The van der Waals surface area contributed by atoms with E-state index in [-0.39, 0.29) is 5.92 Å². The molecule has 0 unspecified atom stereocenters. The van der Waals surface area contributed by atoms with E-state index >= 15 is 0 Å². The number of nitrogens with zero attached hydrogens (tertiary/aromatic N) is 1. The molecule has 4 rings (SSSR count). The molecule has 22 heavy (non-hydrogen) atoms. The van der Waals surface area contributed by atoms with Gasteiger partial charge in [0.2, 0.25) is 0 Å². The average Bonchev–Trinajstić information content (AvgIpc) is 3.07. The summed E-state index contributed by atoms with van der Waals surface area (Å²) in [5.41, 5.74) is 0.134. The number of carboxylic acid groups (broad SMARTS) is 1. The number of ether oxygens (including phenoxy) is 1. The van der Waals surface area contributed by atoms with Crippen LogP contribution in [0.4, 0.5) is 0 Å². The van der Waals surface area contributed by atoms with Gasteiger partial charge in [-0.05, 0) is 24.5 Å². The highest BCUT2D eigenvalue weighted by Crippen LogP contribution is 2.42. The van der Waals surface area contributed by atoms with E-state index in [0.717, 1.165) is 29.7 Å². The van der Waals surface area contributed by atoms with Gasteiger partial charge in [-0.2, -0.15) is 0 Å². The molecule has 0 radical (unpaired) electrons. The van der Waals surface area contributed by atoms with E-state index in [1.165, 1.54) is 0 Å². The van der Waals surface area contributed by atoms with Crippen LogP contribution in [0.5, 0.6) is 0 Å². The van der Waals surface area contributed by atoms with Crippen molar-refractivity contribution >= 4 is 16.9 Å². The number of furan rings is 1. The Hall–Kier alpha value is -1.85. The number of para-hydroxylation sites is 1. The topological polar surface area (TPSA) is 62.9 Å². The van der Waals surface area contributed by atoms with Crippen LogP contribution in [0.15, 0.2) is 34.7 Å². The number of likely N-dealkylation sites (tertiary alicyclic amines) is 1. The third-order valence-electron chi connectivity index (χ3n) is 5.02. The largest absolute Gasteiger partial charge is 0.481 e. The molecule has 2 atom stereocenters. The van der Waals surface area contributed by atoms with Gasteiger partial charge >= 0.3 is 5.97 Å². The van der Waals surface area contributed by atoms with Crippen molar-refractivity contribution in [3.05, 3.63) is 36.1 Å². The Bertz CT molecular complexity index is 677. The van der Waals surface area contributed by atoms with Gasteiger partial charge < -0.3 is 14.3 Å². The third kappa shape index (κ3) is 2.12. The summed E-state index contributed by atoms with van der Waals surface area (Å²) in [5.74, 6) is 0.328. The molecular formula is C17H19NO4. The summed E-state index contributed by atoms with van der Waals surface area (Å²) >= 11 is 0. The minimum absolute atomic E-state index is 0.170. The minimum atomic E-state index is -0.746. The Morgan fingerprint density at radius 1 is 1.41 bits per heavy atom. The Kier molecular flexibility index (Phi) is 3.20. The van der Waals surface area contributed by atoms with E-state index in [1.807, 2.05) is 30.3 Å². The second kappa shape index (κ2) is 5.11. The van der Waals surface area contributed by atoms with Crippen molar-refractivity contribution in [2.75, 3.05) is 26.3 Å². The summed E-state index contributed by atoms with van der Waals surface area (Å²) in [6.07, 6.45) is 0.822. The molecule has 1 aromatic carbocycles. The second-order valence-corrected chi connectivity index (χ2v) is 6.42. The normalized spacial score (nSPS) is 28.8. The summed E-state index contributed by atoms with van der Waals surface area (Å²) in [7, 11) is 0. The minimum Gasteiger partial charge on any atom is -0.481 e. The SMILES string of the molecule is O=C(O)[C@]12COCC[C@H]1CN(Cc1cc3ccccc3o1)C2. The van der Waals surface area contributed by atoms with Crippen LogP contribution in [0.2, 0.25) is 0 Å². The number of hydrogen-bond donors (Lipinski definition) is 1. The molecule has 0 spiro atoms. The zero-order valence-corrected chi connectivity index (χ0v) is 12.3. The molecule has 2 aliphatic heterocycles. The van der Waals surface area contributed by atoms with Gasteiger partial charge in [-0.3, -0.25) is 9.69 Å². The van der Waals surface area contributed by atoms with Crippen molar-refractivity contribution < 1.29 is 19.1 Å². The van der Waals surface area contributed by atoms with Gasteiger partial charge in [0.1, 0.15) is 16.8 Å². The summed E-state index contributed by atoms with van der Waals surface area (Å²) in [6, 6.07) is 9.97. The lowest BCUT2D eigenvalue weighted by Gasteiger charge is -2.34. The van der Waals surface area contributed by atoms with Crippen molar-refractivity contribution in [3.63, 3.8) is 0 Å². The number of rotatable bonds is 3. The van der Waals surface area contributed by atoms with Crippen molar-refractivity contribution in [2.45, 2.75) is 13.0 Å². The highest BCUT2D eigenvalue weighted by molar-refractivity contribution is 5.78. The Morgan fingerprint density at radius 2 is 2.27 bits per heavy atom. The van der Waals surface area contributed by atoms with Crippen LogP contribution in [0.25, 0.3) is 11.0 Å². The van der Waals surface area contributed by atoms with E-state index in [1.54, 1.807) is 0 Å². The van der Waals surface area contributed by atoms with Crippen LogP contribution in [0, 0.1) is 11.3 Å². The van der Waals surface area contributed by atoms with E-state index in [2.05, 4.69) is 4.90 Å². The van der Waals surface area contributed by atoms with Crippen LogP contribution in [0.3, 0.4) is 0 Å². The number of benzene rings is 1. The number of carbonyl (C=O) groups is 1. The van der Waals surface area contributed by atoms with Gasteiger partial charge in [0, 0.05) is 25.1 Å². The second-order valence-electron chi connectivity index (χ2n) is 6.42. The van der Waals surface area contributed by atoms with Crippen LogP contribution in [-0.4, -0.2) is 42.3 Å². The van der Waals surface area contributed by atoms with Gasteiger partial charge in [0.25, 0.3) is 0 Å². The fourth-order valence-electron chi connectivity index (χ4n) is 3.85. The molecule has 0 saturated carbocycles. The van der Waals surface area contributed by atoms with Crippen LogP contribution >= 0.6 is 0 Å². The fourth-order valence-corrected chi connectivity index (χ4v) is 3.85. The highest BCUT2D eigenvalue weighted by atomic mass is 16.5. The lowest BCUT2D eigenvalue weighted by Crippen LogP contribution is -2.46. The molecule has 1 N–H and O–H groups in total. The first kappa shape index (κ1) is 13.8. The Labute approximate surface area is 128 Å². The summed E-state index contributed by atoms with van der Waals surface area (Å²) in [4.78, 5) is 14.0. The Morgan fingerprint density at radius 3 is 3.05 bits per heavy atom. The predicted octanol–water partition coefficient (Wildman–Crippen LogP) is 2.36. The predicted molar refractivity (Wildman–Crippen MR) is 80.5 cm³/mol. The summed E-state index contributed by atoms with van der Waals surface area (Å²) in [5, 5.41) is 10.8. The zero-order valence-electron chi connectivity index (χ0n) is 12.3. The number of carboxylic acids is 1. The van der Waals surface area contributed by atoms with E-state index < -0.39 is 11.4 Å². The number of aliphatic carboxylic acids is 1. The maximum Gasteiger partial charge on any atom is 0.313 e. The van der Waals surface area contributed by atoms with E-state index in [0.29, 0.717) is 26.3 Å². The molecule has 5 nitrogen and oxygen atoms in total. The first-order chi connectivity index (χ1) is 10.7. The molecule has 2 aliphatic rings. The zero-order chi connectivity index (χ0) is 15.2. The number of hydrogen-bond acceptors (Lipinski definition) is 4. The van der Waals surface area contributed by atoms with Gasteiger partial charge in [0.05, 0.1) is 13.2 Å². The van der Waals surface area contributed by atoms with Crippen molar-refractivity contribution in [2.24, 2.45) is 11.3 Å². The van der Waals surface area contributed by atoms with E-state index in [9.17, 15) is 9.90 Å². The molecule has 0 bridgehead atoms. The molecule has 3 heterocycles. The molecule has 1 aromatic heterocycles. The fraction of sp³-hybridized carbons (Fsp3) is 0.471. The van der Waals surface area contributed by atoms with Gasteiger partial charge in [0.15, 0.2) is 0 Å². The highest BCUT2D eigenvalue weighted by Gasteiger charge is 2.54. The third-order valence-corrected chi connectivity index (χ3v) is 5.02. The first-order valence-electron chi connectivity index (χ1n) is 7.68. The summed E-state index contributed by atoms with van der Waals surface area (Å²) in [6.45, 7) is 2.97. The smallest absolute Gasteiger partial charge is 0.313 e. The quantitative estimate of drug-likeness (QED) is 0.943. The molecule has 2 fully saturated rings. The molecule has 0 aliphatic carbocycles. The van der Waals surface area contributed by atoms with Gasteiger partial charge in [-0.25, -0.2) is 0 Å². The van der Waals surface area contributed by atoms with Crippen LogP contribution in [-0.2, 0) is 16.1 Å². The maximum absolute atomic E-state index is 11.8. The van der Waals surface area contributed by atoms with Crippen LogP contribution < -0.4 is 0 Å². The molecule has 5 heteroatoms. The van der Waals surface area contributed by atoms with E-state index in [4.69, 9.17) is 9.15 Å². The first-order valence-corrected chi connectivity index (χ1v) is 7.68. The van der Waals surface area contributed by atoms with Gasteiger partial charge in [-0.15, -0.1) is 0 Å². The molecule has 116 valence electrons. The maximum atomic E-state index is 11.8. The summed E-state index contributed by atoms with van der Waals surface area (Å²) < 4.78 is 11.3. The average molecular weight is 301 g/mol. The van der Waals surface area contributed by atoms with Gasteiger partial charge in [-0.1, -0.05) is 18.2 Å². The Balaban J connectivity index is 1.55. The molecular weight excluding hydrogens is 282 g/mol. The van der Waals surface area contributed by atoms with Crippen molar-refractivity contribution in [3.8, 4) is 0 Å². The van der Waals surface area contributed by atoms with Crippen molar-refractivity contribution in [1.29, 1.82) is 0 Å². The number of fused-ring (bicyclic) bond motifs is 2. The lowest BCUT2D eigenvalue weighted by molar-refractivity contribution is -0.159. The molecule has 2 saturated heterocycles. The molecule has 2 aromatic rings. The van der Waals surface area contributed by atoms with Crippen molar-refractivity contribution in [1.82, 2.24) is 4.90 Å².